The molecule has 1 saturated carbocycles. The molecule has 1 aliphatic carbocycles. The normalized spacial score (nSPS) is 23.4. The Kier molecular flexibility index (Phi) is 3.16. The van der Waals surface area contributed by atoms with Crippen molar-refractivity contribution < 1.29 is 4.79 Å². The summed E-state index contributed by atoms with van der Waals surface area (Å²) in [7, 11) is 0. The third-order valence-corrected chi connectivity index (χ3v) is 4.53. The van der Waals surface area contributed by atoms with E-state index in [1.807, 2.05) is 18.2 Å². The van der Waals surface area contributed by atoms with Crippen LogP contribution in [0.5, 0.6) is 0 Å². The van der Waals surface area contributed by atoms with Crippen LogP contribution < -0.4 is 11.1 Å². The van der Waals surface area contributed by atoms with Gasteiger partial charge in [-0.15, -0.1) is 0 Å². The van der Waals surface area contributed by atoms with Gasteiger partial charge in [-0.2, -0.15) is 0 Å². The van der Waals surface area contributed by atoms with Crippen LogP contribution in [0, 0.1) is 5.92 Å². The molecular weight excluding hydrogens is 295 g/mol. The molecule has 0 bridgehead atoms. The number of hydrogen-bond donors (Lipinski definition) is 2. The van der Waals surface area contributed by atoms with Crippen molar-refractivity contribution in [3.63, 3.8) is 0 Å². The summed E-state index contributed by atoms with van der Waals surface area (Å²) in [6.45, 7) is 0. The summed E-state index contributed by atoms with van der Waals surface area (Å²) in [5.74, 6) is 0.102. The predicted octanol–water partition coefficient (Wildman–Crippen LogP) is 0.753. The van der Waals surface area contributed by atoms with Crippen LogP contribution in [-0.2, 0) is 4.79 Å². The Bertz CT molecular complexity index is 582. The standard InChI is InChI=1S/C12H14N4OSe/c13-8-5-4-7(6-8)12(17)14-9-2-1-3-10-11(9)16-18-15-10/h1-3,7-8H,4-6,13H2,(H,14,17). The Balaban J connectivity index is 1.80. The summed E-state index contributed by atoms with van der Waals surface area (Å²) in [6, 6.07) is 5.88. The van der Waals surface area contributed by atoms with Crippen molar-refractivity contribution in [2.24, 2.45) is 11.7 Å². The van der Waals surface area contributed by atoms with Gasteiger partial charge in [-0.25, -0.2) is 0 Å². The van der Waals surface area contributed by atoms with E-state index in [2.05, 4.69) is 13.3 Å². The molecule has 2 unspecified atom stereocenters. The number of amides is 1. The van der Waals surface area contributed by atoms with E-state index in [0.717, 1.165) is 36.0 Å². The first-order chi connectivity index (χ1) is 8.74. The molecule has 3 rings (SSSR count). The quantitative estimate of drug-likeness (QED) is 0.802. The third kappa shape index (κ3) is 2.19. The number of nitrogens with one attached hydrogen (secondary N) is 1. The molecule has 0 saturated heterocycles. The number of nitrogens with two attached hydrogens (primary N) is 1. The van der Waals surface area contributed by atoms with Crippen LogP contribution in [0.1, 0.15) is 19.3 Å². The summed E-state index contributed by atoms with van der Waals surface area (Å²) >= 11 is -0.0706. The Morgan fingerprint density at radius 3 is 3.06 bits per heavy atom. The molecule has 2 aromatic rings. The van der Waals surface area contributed by atoms with E-state index >= 15 is 0 Å². The summed E-state index contributed by atoms with van der Waals surface area (Å²) in [5.41, 5.74) is 8.33. The summed E-state index contributed by atoms with van der Waals surface area (Å²) in [6.07, 6.45) is 2.60. The molecule has 2 atom stereocenters. The molecule has 94 valence electrons. The van der Waals surface area contributed by atoms with Crippen molar-refractivity contribution >= 4 is 37.6 Å². The van der Waals surface area contributed by atoms with Gasteiger partial charge in [0.25, 0.3) is 0 Å². The second kappa shape index (κ2) is 4.80. The monoisotopic (exact) mass is 310 g/mol. The molecule has 1 amide bonds. The molecule has 6 heteroatoms. The number of aromatic nitrogens is 2. The molecule has 0 spiro atoms. The van der Waals surface area contributed by atoms with Gasteiger partial charge in [-0.1, -0.05) is 0 Å². The van der Waals surface area contributed by atoms with Crippen LogP contribution in [0.25, 0.3) is 11.0 Å². The molecule has 3 N–H and O–H groups in total. The number of nitrogens with zero attached hydrogens (tertiary/aromatic N) is 2. The van der Waals surface area contributed by atoms with Gasteiger partial charge in [0.2, 0.25) is 0 Å². The van der Waals surface area contributed by atoms with Crippen molar-refractivity contribution in [2.75, 3.05) is 5.32 Å². The summed E-state index contributed by atoms with van der Waals surface area (Å²) < 4.78 is 8.65. The first-order valence-corrected chi connectivity index (χ1v) is 7.55. The van der Waals surface area contributed by atoms with Crippen LogP contribution in [0.2, 0.25) is 0 Å². The number of carbonyl (C=O) groups excluding carboxylic acids is 1. The number of fused-ring (bicyclic) bond motifs is 1. The second-order valence-electron chi connectivity index (χ2n) is 4.70. The van der Waals surface area contributed by atoms with Gasteiger partial charge in [0.05, 0.1) is 0 Å². The first-order valence-electron chi connectivity index (χ1n) is 6.02. The molecule has 1 aromatic heterocycles. The van der Waals surface area contributed by atoms with E-state index in [9.17, 15) is 4.79 Å². The molecule has 18 heavy (non-hydrogen) atoms. The van der Waals surface area contributed by atoms with Gasteiger partial charge < -0.3 is 0 Å². The average Bonchev–Trinajstić information content (AvgIpc) is 2.97. The van der Waals surface area contributed by atoms with Gasteiger partial charge >= 0.3 is 111 Å². The number of benzene rings is 1. The average molecular weight is 309 g/mol. The van der Waals surface area contributed by atoms with E-state index in [-0.39, 0.29) is 32.8 Å². The van der Waals surface area contributed by atoms with Crippen LogP contribution in [0.3, 0.4) is 0 Å². The van der Waals surface area contributed by atoms with Crippen molar-refractivity contribution in [3.05, 3.63) is 18.2 Å². The maximum atomic E-state index is 12.1. The Morgan fingerprint density at radius 2 is 2.28 bits per heavy atom. The van der Waals surface area contributed by atoms with Gasteiger partial charge in [-0.3, -0.25) is 0 Å². The molecule has 5 nitrogen and oxygen atoms in total. The zero-order chi connectivity index (χ0) is 12.5. The van der Waals surface area contributed by atoms with Gasteiger partial charge in [0.1, 0.15) is 0 Å². The number of carbonyl (C=O) groups is 1. The molecule has 1 aliphatic rings. The van der Waals surface area contributed by atoms with Gasteiger partial charge in [0.15, 0.2) is 0 Å². The van der Waals surface area contributed by atoms with Crippen LogP contribution >= 0.6 is 0 Å². The van der Waals surface area contributed by atoms with Crippen molar-refractivity contribution in [1.29, 1.82) is 0 Å². The number of hydrogen-bond acceptors (Lipinski definition) is 4. The fraction of sp³-hybridized carbons (Fsp3) is 0.417. The zero-order valence-electron chi connectivity index (χ0n) is 9.80. The Hall–Kier alpha value is -1.23. The minimum atomic E-state index is -0.0706. The molecule has 1 heterocycles. The van der Waals surface area contributed by atoms with Gasteiger partial charge in [-0.05, 0) is 0 Å². The van der Waals surface area contributed by atoms with E-state index in [4.69, 9.17) is 5.73 Å². The van der Waals surface area contributed by atoms with E-state index < -0.39 is 0 Å². The number of anilines is 1. The summed E-state index contributed by atoms with van der Waals surface area (Å²) in [5, 5.41) is 2.97. The minimum absolute atomic E-state index is 0.0414. The maximum absolute atomic E-state index is 12.1. The second-order valence-corrected chi connectivity index (χ2v) is 5.81. The van der Waals surface area contributed by atoms with Crippen molar-refractivity contribution in [2.45, 2.75) is 25.3 Å². The van der Waals surface area contributed by atoms with E-state index in [0.29, 0.717) is 0 Å². The van der Waals surface area contributed by atoms with Gasteiger partial charge in [0, 0.05) is 0 Å². The third-order valence-electron chi connectivity index (χ3n) is 3.39. The van der Waals surface area contributed by atoms with Crippen LogP contribution in [0.4, 0.5) is 5.69 Å². The van der Waals surface area contributed by atoms with Crippen molar-refractivity contribution in [3.8, 4) is 0 Å². The fourth-order valence-corrected chi connectivity index (χ4v) is 3.55. The Labute approximate surface area is 111 Å². The van der Waals surface area contributed by atoms with Crippen LogP contribution in [-0.4, -0.2) is 34.9 Å². The molecule has 1 fully saturated rings. The van der Waals surface area contributed by atoms with Crippen LogP contribution in [0.15, 0.2) is 18.2 Å². The SMILES string of the molecule is NC1CCC(C(=O)Nc2cccc3n[se]nc23)C1. The predicted molar refractivity (Wildman–Crippen MR) is 70.4 cm³/mol. The first kappa shape index (κ1) is 11.8. The van der Waals surface area contributed by atoms with E-state index in [1.54, 1.807) is 0 Å². The summed E-state index contributed by atoms with van der Waals surface area (Å²) in [4.78, 5) is 12.1. The molecular formula is C12H14N4OSe. The van der Waals surface area contributed by atoms with E-state index in [1.165, 1.54) is 0 Å². The fourth-order valence-electron chi connectivity index (χ4n) is 2.40. The number of rotatable bonds is 2. The molecule has 0 radical (unpaired) electrons. The molecule has 1 aromatic carbocycles. The molecule has 0 aliphatic heterocycles. The Morgan fingerprint density at radius 1 is 1.39 bits per heavy atom. The van der Waals surface area contributed by atoms with Crippen molar-refractivity contribution in [1.82, 2.24) is 7.96 Å². The zero-order valence-corrected chi connectivity index (χ0v) is 11.5. The topological polar surface area (TPSA) is 80.9 Å².